The molecule has 0 aromatic heterocycles. The van der Waals surface area contributed by atoms with Crippen LogP contribution in [-0.2, 0) is 18.6 Å². The molecule has 0 unspecified atom stereocenters. The minimum atomic E-state index is -4.42. The second-order valence-corrected chi connectivity index (χ2v) is 8.84. The number of carbonyl (C=O) groups excluding carboxylic acids is 1. The van der Waals surface area contributed by atoms with Gasteiger partial charge in [-0.05, 0) is 6.42 Å². The maximum absolute atomic E-state index is 11.5. The van der Waals surface area contributed by atoms with E-state index in [-0.39, 0.29) is 25.6 Å². The van der Waals surface area contributed by atoms with Crippen LogP contribution >= 0.6 is 7.82 Å². The highest BCUT2D eigenvalue weighted by Gasteiger charge is 2.12. The van der Waals surface area contributed by atoms with Crippen molar-refractivity contribution >= 4 is 13.8 Å². The number of carbonyl (C=O) groups is 1. The number of esters is 1. The predicted molar refractivity (Wildman–Crippen MR) is 113 cm³/mol. The van der Waals surface area contributed by atoms with E-state index in [2.05, 4.69) is 11.4 Å². The number of hydrogen-bond donors (Lipinski definition) is 2. The molecule has 0 aliphatic rings. The van der Waals surface area contributed by atoms with Crippen LogP contribution in [0.2, 0.25) is 0 Å². The zero-order valence-electron chi connectivity index (χ0n) is 17.9. The molecule has 28 heavy (non-hydrogen) atoms. The Labute approximate surface area is 172 Å². The lowest BCUT2D eigenvalue weighted by Crippen LogP contribution is -2.07. The Balaban J connectivity index is 3.18. The maximum Gasteiger partial charge on any atom is 0.469 e. The van der Waals surface area contributed by atoms with Crippen molar-refractivity contribution in [2.45, 2.75) is 116 Å². The average Bonchev–Trinajstić information content (AvgIpc) is 2.63. The highest BCUT2D eigenvalue weighted by molar-refractivity contribution is 7.46. The van der Waals surface area contributed by atoms with Gasteiger partial charge in [-0.3, -0.25) is 9.32 Å². The summed E-state index contributed by atoms with van der Waals surface area (Å²) in [4.78, 5) is 28.5. The van der Waals surface area contributed by atoms with E-state index in [1.807, 2.05) is 0 Å². The van der Waals surface area contributed by atoms with Crippen molar-refractivity contribution in [3.05, 3.63) is 0 Å². The van der Waals surface area contributed by atoms with Gasteiger partial charge in [0.25, 0.3) is 0 Å². The van der Waals surface area contributed by atoms with Gasteiger partial charge in [0, 0.05) is 12.8 Å². The summed E-state index contributed by atoms with van der Waals surface area (Å²) < 4.78 is 19.7. The summed E-state index contributed by atoms with van der Waals surface area (Å²) in [7, 11) is -4.42. The molecule has 0 aliphatic carbocycles. The normalized spacial score (nSPS) is 11.7. The topological polar surface area (TPSA) is 93.1 Å². The molecule has 7 heteroatoms. The van der Waals surface area contributed by atoms with Gasteiger partial charge >= 0.3 is 13.8 Å². The summed E-state index contributed by atoms with van der Waals surface area (Å²) in [6, 6.07) is 0. The zero-order chi connectivity index (χ0) is 20.9. The summed E-state index contributed by atoms with van der Waals surface area (Å²) in [6.45, 7) is 2.28. The van der Waals surface area contributed by atoms with Gasteiger partial charge in [0.1, 0.15) is 0 Å². The quantitative estimate of drug-likeness (QED) is 0.128. The number of phosphoric ester groups is 1. The Bertz CT molecular complexity index is 396. The largest absolute Gasteiger partial charge is 0.469 e. The van der Waals surface area contributed by atoms with Crippen LogP contribution in [0.15, 0.2) is 0 Å². The highest BCUT2D eigenvalue weighted by Crippen LogP contribution is 2.35. The molecule has 6 nitrogen and oxygen atoms in total. The van der Waals surface area contributed by atoms with E-state index < -0.39 is 7.82 Å². The van der Waals surface area contributed by atoms with E-state index in [1.54, 1.807) is 0 Å². The first-order chi connectivity index (χ1) is 13.5. The molecular weight excluding hydrogens is 379 g/mol. The molecule has 2 N–H and O–H groups in total. The molecule has 0 amide bonds. The van der Waals surface area contributed by atoms with Gasteiger partial charge in [0.05, 0.1) is 13.2 Å². The Kier molecular flexibility index (Phi) is 19.6. The first-order valence-corrected chi connectivity index (χ1v) is 12.8. The molecule has 0 spiro atoms. The summed E-state index contributed by atoms with van der Waals surface area (Å²) in [5, 5.41) is 0. The lowest BCUT2D eigenvalue weighted by molar-refractivity contribution is -0.144. The molecule has 0 aliphatic heterocycles. The van der Waals surface area contributed by atoms with Crippen LogP contribution in [0, 0.1) is 0 Å². The van der Waals surface area contributed by atoms with Crippen molar-refractivity contribution in [2.24, 2.45) is 0 Å². The highest BCUT2D eigenvalue weighted by atomic mass is 31.2. The Hall–Kier alpha value is -0.420. The van der Waals surface area contributed by atoms with Crippen LogP contribution in [0.4, 0.5) is 0 Å². The van der Waals surface area contributed by atoms with E-state index in [0.717, 1.165) is 12.8 Å². The zero-order valence-corrected chi connectivity index (χ0v) is 18.8. The van der Waals surface area contributed by atoms with Gasteiger partial charge in [-0.25, -0.2) is 4.57 Å². The first kappa shape index (κ1) is 27.6. The number of rotatable bonds is 21. The van der Waals surface area contributed by atoms with Gasteiger partial charge in [0.2, 0.25) is 0 Å². The molecule has 0 aromatic rings. The monoisotopic (exact) mass is 422 g/mol. The van der Waals surface area contributed by atoms with Crippen LogP contribution in [0.5, 0.6) is 0 Å². The van der Waals surface area contributed by atoms with Crippen LogP contribution in [-0.4, -0.2) is 29.0 Å². The van der Waals surface area contributed by atoms with Crippen LogP contribution in [0.3, 0.4) is 0 Å². The van der Waals surface area contributed by atoms with Gasteiger partial charge in [0.15, 0.2) is 0 Å². The molecule has 0 saturated carbocycles. The minimum absolute atomic E-state index is 0.115. The van der Waals surface area contributed by atoms with E-state index in [4.69, 9.17) is 14.5 Å². The molecule has 168 valence electrons. The van der Waals surface area contributed by atoms with E-state index in [0.29, 0.717) is 6.42 Å². The molecule has 0 aromatic carbocycles. The lowest BCUT2D eigenvalue weighted by Gasteiger charge is -2.06. The van der Waals surface area contributed by atoms with E-state index in [9.17, 15) is 9.36 Å². The third-order valence-electron chi connectivity index (χ3n) is 4.80. The molecule has 0 heterocycles. The molecule has 0 atom stereocenters. The van der Waals surface area contributed by atoms with Crippen molar-refractivity contribution in [2.75, 3.05) is 13.2 Å². The number of hydrogen-bond acceptors (Lipinski definition) is 4. The average molecular weight is 423 g/mol. The van der Waals surface area contributed by atoms with E-state index in [1.165, 1.54) is 83.5 Å². The maximum atomic E-state index is 11.5. The van der Waals surface area contributed by atoms with Crippen LogP contribution < -0.4 is 0 Å². The fourth-order valence-corrected chi connectivity index (χ4v) is 3.51. The molecule has 0 saturated heterocycles. The van der Waals surface area contributed by atoms with E-state index >= 15 is 0 Å². The van der Waals surface area contributed by atoms with Crippen molar-refractivity contribution in [3.8, 4) is 0 Å². The SMILES string of the molecule is CCCCCCCCCCCCCCCCCC(=O)OCCCOP(=O)(O)O. The van der Waals surface area contributed by atoms with Gasteiger partial charge < -0.3 is 14.5 Å². The number of ether oxygens (including phenoxy) is 1. The molecule has 0 bridgehead atoms. The smallest absolute Gasteiger partial charge is 0.466 e. The fourth-order valence-electron chi connectivity index (χ4n) is 3.14. The van der Waals surface area contributed by atoms with Crippen molar-refractivity contribution < 1.29 is 28.4 Å². The van der Waals surface area contributed by atoms with Crippen molar-refractivity contribution in [1.29, 1.82) is 0 Å². The Morgan fingerprint density at radius 1 is 0.679 bits per heavy atom. The summed E-state index contributed by atoms with van der Waals surface area (Å²) in [6.07, 6.45) is 20.1. The summed E-state index contributed by atoms with van der Waals surface area (Å²) in [5.41, 5.74) is 0. The molecule has 0 radical (unpaired) electrons. The minimum Gasteiger partial charge on any atom is -0.466 e. The van der Waals surface area contributed by atoms with Crippen LogP contribution in [0.25, 0.3) is 0 Å². The lowest BCUT2D eigenvalue weighted by atomic mass is 10.0. The molecular formula is C21H43O6P. The van der Waals surface area contributed by atoms with Gasteiger partial charge in [-0.15, -0.1) is 0 Å². The summed E-state index contributed by atoms with van der Waals surface area (Å²) in [5.74, 6) is -0.245. The number of unbranched alkanes of at least 4 members (excludes halogenated alkanes) is 14. The van der Waals surface area contributed by atoms with Crippen molar-refractivity contribution in [3.63, 3.8) is 0 Å². The van der Waals surface area contributed by atoms with Crippen LogP contribution in [0.1, 0.15) is 116 Å². The Morgan fingerprint density at radius 2 is 1.11 bits per heavy atom. The van der Waals surface area contributed by atoms with Gasteiger partial charge in [-0.1, -0.05) is 96.8 Å². The van der Waals surface area contributed by atoms with Crippen molar-refractivity contribution in [1.82, 2.24) is 0 Å². The fraction of sp³-hybridized carbons (Fsp3) is 0.952. The first-order valence-electron chi connectivity index (χ1n) is 11.3. The summed E-state index contributed by atoms with van der Waals surface area (Å²) >= 11 is 0. The molecule has 0 rings (SSSR count). The standard InChI is InChI=1S/C21H43O6P/c1-2-3-4-5-6-7-8-9-10-11-12-13-14-15-16-18-21(22)26-19-17-20-27-28(23,24)25/h2-20H2,1H3,(H2,23,24,25). The second-order valence-electron chi connectivity index (χ2n) is 7.60. The predicted octanol–water partition coefficient (Wildman–Crippen LogP) is 6.29. The second kappa shape index (κ2) is 19.9. The molecule has 0 fully saturated rings. The third kappa shape index (κ3) is 23.6. The third-order valence-corrected chi connectivity index (χ3v) is 5.31. The Morgan fingerprint density at radius 3 is 1.54 bits per heavy atom. The number of phosphoric acid groups is 1. The van der Waals surface area contributed by atoms with Gasteiger partial charge in [-0.2, -0.15) is 0 Å².